The maximum Gasteiger partial charge on any atom is 0.118 e. The van der Waals surface area contributed by atoms with E-state index in [1.54, 1.807) is 7.11 Å². The van der Waals surface area contributed by atoms with Crippen LogP contribution in [0.15, 0.2) is 24.3 Å². The molecule has 0 heterocycles. The number of methoxy groups -OCH3 is 1. The maximum atomic E-state index is 5.27. The van der Waals surface area contributed by atoms with Crippen LogP contribution < -0.4 is 10.1 Å². The zero-order valence-electron chi connectivity index (χ0n) is 13.9. The highest BCUT2D eigenvalue weighted by Gasteiger charge is 2.34. The second-order valence-corrected chi connectivity index (χ2v) is 6.02. The Morgan fingerprint density at radius 2 is 1.90 bits per heavy atom. The molecule has 2 unspecified atom stereocenters. The first-order valence-corrected chi connectivity index (χ1v) is 8.34. The predicted molar refractivity (Wildman–Crippen MR) is 88.9 cm³/mol. The second kappa shape index (κ2) is 7.81. The molecule has 1 aliphatic carbocycles. The highest BCUT2D eigenvalue weighted by Crippen LogP contribution is 2.33. The fourth-order valence-electron chi connectivity index (χ4n) is 3.17. The van der Waals surface area contributed by atoms with E-state index in [2.05, 4.69) is 55.3 Å². The third kappa shape index (κ3) is 4.21. The zero-order chi connectivity index (χ0) is 15.2. The first kappa shape index (κ1) is 16.3. The summed E-state index contributed by atoms with van der Waals surface area (Å²) in [6.45, 7) is 9.02. The van der Waals surface area contributed by atoms with Gasteiger partial charge in [-0.2, -0.15) is 0 Å². The molecule has 3 heteroatoms. The molecule has 118 valence electrons. The molecular weight excluding hydrogens is 260 g/mol. The van der Waals surface area contributed by atoms with Crippen molar-refractivity contribution in [3.63, 3.8) is 0 Å². The largest absolute Gasteiger partial charge is 0.497 e. The number of nitrogens with zero attached hydrogens (tertiary/aromatic N) is 1. The lowest BCUT2D eigenvalue weighted by Gasteiger charge is -2.35. The summed E-state index contributed by atoms with van der Waals surface area (Å²) in [5.74, 6) is 0.925. The third-order valence-corrected chi connectivity index (χ3v) is 4.40. The Balaban J connectivity index is 2.15. The molecular formula is C18H30N2O. The molecule has 0 aliphatic heterocycles. The van der Waals surface area contributed by atoms with Crippen LogP contribution in [0.4, 0.5) is 0 Å². The van der Waals surface area contributed by atoms with E-state index in [9.17, 15) is 0 Å². The van der Waals surface area contributed by atoms with Crippen LogP contribution in [0.25, 0.3) is 0 Å². The summed E-state index contributed by atoms with van der Waals surface area (Å²) in [4.78, 5) is 2.69. The van der Waals surface area contributed by atoms with Gasteiger partial charge in [-0.15, -0.1) is 0 Å². The molecule has 1 aromatic rings. The van der Waals surface area contributed by atoms with E-state index in [0.29, 0.717) is 12.1 Å². The Morgan fingerprint density at radius 1 is 1.24 bits per heavy atom. The Bertz CT molecular complexity index is 414. The van der Waals surface area contributed by atoms with Gasteiger partial charge in [0, 0.05) is 18.1 Å². The SMILES string of the molecule is CCCN(C1CC1)C(C)C(NCC)c1ccc(OC)cc1. The van der Waals surface area contributed by atoms with Crippen LogP contribution in [-0.4, -0.2) is 37.2 Å². The van der Waals surface area contributed by atoms with Crippen molar-refractivity contribution in [3.05, 3.63) is 29.8 Å². The Kier molecular flexibility index (Phi) is 6.07. The third-order valence-electron chi connectivity index (χ3n) is 4.40. The second-order valence-electron chi connectivity index (χ2n) is 6.02. The van der Waals surface area contributed by atoms with Gasteiger partial charge in [0.05, 0.1) is 7.11 Å². The number of hydrogen-bond donors (Lipinski definition) is 1. The molecule has 1 aliphatic rings. The van der Waals surface area contributed by atoms with E-state index in [1.807, 2.05) is 0 Å². The summed E-state index contributed by atoms with van der Waals surface area (Å²) in [5.41, 5.74) is 1.35. The van der Waals surface area contributed by atoms with E-state index in [0.717, 1.165) is 18.3 Å². The van der Waals surface area contributed by atoms with Crippen LogP contribution in [0, 0.1) is 0 Å². The number of ether oxygens (including phenoxy) is 1. The van der Waals surface area contributed by atoms with Crippen LogP contribution in [0.5, 0.6) is 5.75 Å². The minimum atomic E-state index is 0.382. The number of benzene rings is 1. The topological polar surface area (TPSA) is 24.5 Å². The van der Waals surface area contributed by atoms with Crippen molar-refractivity contribution in [2.75, 3.05) is 20.2 Å². The van der Waals surface area contributed by atoms with Crippen LogP contribution in [0.2, 0.25) is 0 Å². The van der Waals surface area contributed by atoms with Gasteiger partial charge in [-0.3, -0.25) is 4.90 Å². The molecule has 0 bridgehead atoms. The summed E-state index contributed by atoms with van der Waals surface area (Å²) in [6.07, 6.45) is 3.96. The number of likely N-dealkylation sites (N-methyl/N-ethyl adjacent to an activating group) is 1. The van der Waals surface area contributed by atoms with Crippen molar-refractivity contribution in [2.45, 2.75) is 58.2 Å². The van der Waals surface area contributed by atoms with Gasteiger partial charge in [0.25, 0.3) is 0 Å². The minimum absolute atomic E-state index is 0.382. The van der Waals surface area contributed by atoms with Crippen LogP contribution in [0.3, 0.4) is 0 Å². The van der Waals surface area contributed by atoms with E-state index in [4.69, 9.17) is 4.74 Å². The lowest BCUT2D eigenvalue weighted by molar-refractivity contribution is 0.160. The van der Waals surface area contributed by atoms with Gasteiger partial charge in [0.15, 0.2) is 0 Å². The molecule has 0 aromatic heterocycles. The molecule has 0 saturated heterocycles. The van der Waals surface area contributed by atoms with Gasteiger partial charge in [0.2, 0.25) is 0 Å². The molecule has 0 amide bonds. The highest BCUT2D eigenvalue weighted by molar-refractivity contribution is 5.30. The zero-order valence-corrected chi connectivity index (χ0v) is 13.9. The molecule has 2 atom stereocenters. The predicted octanol–water partition coefficient (Wildman–Crippen LogP) is 3.61. The summed E-state index contributed by atoms with van der Waals surface area (Å²) < 4.78 is 5.27. The molecule has 3 nitrogen and oxygen atoms in total. The van der Waals surface area contributed by atoms with E-state index in [-0.39, 0.29) is 0 Å². The number of hydrogen-bond acceptors (Lipinski definition) is 3. The molecule has 1 aromatic carbocycles. The van der Waals surface area contributed by atoms with Crippen LogP contribution in [-0.2, 0) is 0 Å². The quantitative estimate of drug-likeness (QED) is 0.752. The Labute approximate surface area is 129 Å². The standard InChI is InChI=1S/C18H30N2O/c1-5-13-20(16-9-10-16)14(3)18(19-6-2)15-7-11-17(21-4)12-8-15/h7-8,11-12,14,16,18-19H,5-6,9-10,13H2,1-4H3. The van der Waals surface area contributed by atoms with E-state index in [1.165, 1.54) is 31.4 Å². The smallest absolute Gasteiger partial charge is 0.118 e. The summed E-state index contributed by atoms with van der Waals surface area (Å²) in [5, 5.41) is 3.68. The van der Waals surface area contributed by atoms with Gasteiger partial charge < -0.3 is 10.1 Å². The summed E-state index contributed by atoms with van der Waals surface area (Å²) in [7, 11) is 1.72. The van der Waals surface area contributed by atoms with Crippen molar-refractivity contribution in [1.82, 2.24) is 10.2 Å². The maximum absolute atomic E-state index is 5.27. The van der Waals surface area contributed by atoms with Gasteiger partial charge in [-0.25, -0.2) is 0 Å². The highest BCUT2D eigenvalue weighted by atomic mass is 16.5. The normalized spacial score (nSPS) is 17.8. The molecule has 2 rings (SSSR count). The molecule has 1 saturated carbocycles. The van der Waals surface area contributed by atoms with Crippen molar-refractivity contribution in [2.24, 2.45) is 0 Å². The van der Waals surface area contributed by atoms with E-state index >= 15 is 0 Å². The monoisotopic (exact) mass is 290 g/mol. The van der Waals surface area contributed by atoms with Crippen molar-refractivity contribution in [3.8, 4) is 5.75 Å². The number of nitrogens with one attached hydrogen (secondary N) is 1. The van der Waals surface area contributed by atoms with E-state index < -0.39 is 0 Å². The fourth-order valence-corrected chi connectivity index (χ4v) is 3.17. The van der Waals surface area contributed by atoms with Gasteiger partial charge in [-0.05, 0) is 57.0 Å². The molecule has 0 spiro atoms. The average molecular weight is 290 g/mol. The lowest BCUT2D eigenvalue weighted by Crippen LogP contribution is -2.44. The molecule has 1 N–H and O–H groups in total. The first-order chi connectivity index (χ1) is 10.2. The molecule has 1 fully saturated rings. The first-order valence-electron chi connectivity index (χ1n) is 8.34. The van der Waals surface area contributed by atoms with Crippen molar-refractivity contribution < 1.29 is 4.74 Å². The molecule has 21 heavy (non-hydrogen) atoms. The van der Waals surface area contributed by atoms with Crippen LogP contribution >= 0.6 is 0 Å². The van der Waals surface area contributed by atoms with Crippen LogP contribution in [0.1, 0.15) is 51.6 Å². The van der Waals surface area contributed by atoms with Crippen molar-refractivity contribution >= 4 is 0 Å². The lowest BCUT2D eigenvalue weighted by atomic mass is 9.98. The molecule has 0 radical (unpaired) electrons. The Morgan fingerprint density at radius 3 is 2.38 bits per heavy atom. The van der Waals surface area contributed by atoms with Gasteiger partial charge in [-0.1, -0.05) is 26.0 Å². The van der Waals surface area contributed by atoms with Gasteiger partial charge >= 0.3 is 0 Å². The fraction of sp³-hybridized carbons (Fsp3) is 0.667. The van der Waals surface area contributed by atoms with Gasteiger partial charge in [0.1, 0.15) is 5.75 Å². The van der Waals surface area contributed by atoms with Crippen molar-refractivity contribution in [1.29, 1.82) is 0 Å². The number of rotatable bonds is 9. The Hall–Kier alpha value is -1.06. The summed E-state index contributed by atoms with van der Waals surface area (Å²) in [6, 6.07) is 10.2. The minimum Gasteiger partial charge on any atom is -0.497 e. The summed E-state index contributed by atoms with van der Waals surface area (Å²) >= 11 is 0. The average Bonchev–Trinajstić information content (AvgIpc) is 3.34.